The number of aromatic nitrogens is 2. The van der Waals surface area contributed by atoms with E-state index in [0.29, 0.717) is 13.1 Å². The average molecular weight is 497 g/mol. The van der Waals surface area contributed by atoms with E-state index in [1.165, 1.54) is 16.6 Å². The quantitative estimate of drug-likeness (QED) is 0.416. The largest absolute Gasteiger partial charge is 0.468 e. The van der Waals surface area contributed by atoms with Crippen LogP contribution in [-0.4, -0.2) is 78.2 Å². The molecule has 0 aliphatic carbocycles. The Kier molecular flexibility index (Phi) is 8.36. The van der Waals surface area contributed by atoms with Crippen molar-refractivity contribution >= 4 is 17.4 Å². The second kappa shape index (κ2) is 11.8. The molecule has 11 heteroatoms. The first-order valence-electron chi connectivity index (χ1n) is 11.9. The molecule has 0 unspecified atom stereocenters. The van der Waals surface area contributed by atoms with Gasteiger partial charge in [-0.2, -0.15) is 0 Å². The van der Waals surface area contributed by atoms with E-state index in [2.05, 4.69) is 9.88 Å². The summed E-state index contributed by atoms with van der Waals surface area (Å²) in [5, 5.41) is 0. The minimum atomic E-state index is -0.700. The molecular formula is C25H32N6O5. The molecular weight excluding hydrogens is 464 g/mol. The second-order valence-electron chi connectivity index (χ2n) is 8.73. The van der Waals surface area contributed by atoms with Gasteiger partial charge in [0, 0.05) is 39.8 Å². The van der Waals surface area contributed by atoms with E-state index in [-0.39, 0.29) is 43.7 Å². The lowest BCUT2D eigenvalue weighted by Gasteiger charge is -2.35. The number of benzene rings is 1. The van der Waals surface area contributed by atoms with E-state index in [4.69, 9.17) is 14.9 Å². The fourth-order valence-corrected chi connectivity index (χ4v) is 4.31. The predicted molar refractivity (Wildman–Crippen MR) is 136 cm³/mol. The summed E-state index contributed by atoms with van der Waals surface area (Å²) in [7, 11) is 1.52. The number of ether oxygens (including phenoxy) is 1. The van der Waals surface area contributed by atoms with E-state index < -0.39 is 11.2 Å². The number of furan rings is 1. The van der Waals surface area contributed by atoms with Crippen LogP contribution < -0.4 is 21.9 Å². The van der Waals surface area contributed by atoms with Gasteiger partial charge in [0.15, 0.2) is 5.69 Å². The monoisotopic (exact) mass is 496 g/mol. The summed E-state index contributed by atoms with van der Waals surface area (Å²) in [5.74, 6) is 0.569. The van der Waals surface area contributed by atoms with Gasteiger partial charge in [0.05, 0.1) is 32.5 Å². The molecule has 4 rings (SSSR count). The van der Waals surface area contributed by atoms with Gasteiger partial charge in [0.25, 0.3) is 5.56 Å². The topological polar surface area (TPSA) is 130 Å². The van der Waals surface area contributed by atoms with Crippen molar-refractivity contribution in [2.24, 2.45) is 0 Å². The van der Waals surface area contributed by atoms with Gasteiger partial charge in [-0.15, -0.1) is 0 Å². The number of anilines is 2. The summed E-state index contributed by atoms with van der Waals surface area (Å²) in [5.41, 5.74) is 5.81. The number of hydrogen-bond donors (Lipinski definition) is 2. The third kappa shape index (κ3) is 6.11. The zero-order valence-electron chi connectivity index (χ0n) is 20.4. The van der Waals surface area contributed by atoms with Gasteiger partial charge in [0.2, 0.25) is 5.91 Å². The molecule has 0 atom stereocenters. The van der Waals surface area contributed by atoms with Gasteiger partial charge < -0.3 is 19.8 Å². The number of nitrogens with one attached hydrogen (secondary N) is 1. The highest BCUT2D eigenvalue weighted by molar-refractivity contribution is 5.96. The molecule has 1 aliphatic heterocycles. The molecule has 11 nitrogen and oxygen atoms in total. The Morgan fingerprint density at radius 2 is 1.78 bits per heavy atom. The zero-order chi connectivity index (χ0) is 25.5. The van der Waals surface area contributed by atoms with Crippen LogP contribution in [0.5, 0.6) is 0 Å². The molecule has 1 fully saturated rings. The summed E-state index contributed by atoms with van der Waals surface area (Å²) in [6, 6.07) is 13.1. The summed E-state index contributed by atoms with van der Waals surface area (Å²) in [6.07, 6.45) is 1.66. The smallest absolute Gasteiger partial charge is 0.330 e. The van der Waals surface area contributed by atoms with Crippen LogP contribution in [0.3, 0.4) is 0 Å². The number of amides is 1. The molecule has 3 heterocycles. The molecule has 1 aliphatic rings. The van der Waals surface area contributed by atoms with Crippen molar-refractivity contribution in [3.63, 3.8) is 0 Å². The first kappa shape index (κ1) is 25.4. The Labute approximate surface area is 208 Å². The molecule has 3 N–H and O–H groups in total. The number of nitrogens with two attached hydrogens (primary N) is 1. The first-order chi connectivity index (χ1) is 17.5. The molecule has 192 valence electrons. The molecule has 1 saturated heterocycles. The Bertz CT molecular complexity index is 1250. The number of aromatic amines is 1. The molecule has 1 amide bonds. The number of nitrogens with zero attached hydrogens (tertiary/aromatic N) is 4. The molecule has 0 radical (unpaired) electrons. The van der Waals surface area contributed by atoms with Crippen LogP contribution in [0.1, 0.15) is 11.3 Å². The van der Waals surface area contributed by atoms with E-state index in [0.717, 1.165) is 31.0 Å². The van der Waals surface area contributed by atoms with Crippen LogP contribution in [0.2, 0.25) is 0 Å². The van der Waals surface area contributed by atoms with Crippen molar-refractivity contribution < 1.29 is 13.9 Å². The van der Waals surface area contributed by atoms with Crippen molar-refractivity contribution in [3.05, 3.63) is 80.9 Å². The number of rotatable bonds is 10. The number of nitrogen functional groups attached to an aromatic ring is 1. The molecule has 2 aromatic heterocycles. The highest BCUT2D eigenvalue weighted by Crippen LogP contribution is 2.19. The van der Waals surface area contributed by atoms with Crippen molar-refractivity contribution in [1.82, 2.24) is 19.4 Å². The lowest BCUT2D eigenvalue weighted by molar-refractivity contribution is -0.120. The number of hydrogen-bond acceptors (Lipinski definition) is 8. The van der Waals surface area contributed by atoms with Crippen LogP contribution in [0.25, 0.3) is 0 Å². The van der Waals surface area contributed by atoms with E-state index in [9.17, 15) is 14.4 Å². The highest BCUT2D eigenvalue weighted by Gasteiger charge is 2.27. The lowest BCUT2D eigenvalue weighted by atomic mass is 10.2. The Balaban J connectivity index is 1.50. The standard InChI is InChI=1S/C25H32N6O5/c1-35-15-13-30(21(32)18-29-11-9-28(10-12-29)17-20-8-5-14-36-20)22-23(26)31(25(34)27-24(22)33)16-19-6-3-2-4-7-19/h2-8,14H,9-13,15-18,26H2,1H3,(H,27,33,34). The van der Waals surface area contributed by atoms with Gasteiger partial charge in [0.1, 0.15) is 11.6 Å². The molecule has 3 aromatic rings. The van der Waals surface area contributed by atoms with Crippen LogP contribution in [0, 0.1) is 0 Å². The Morgan fingerprint density at radius 1 is 1.06 bits per heavy atom. The first-order valence-corrected chi connectivity index (χ1v) is 11.9. The fourth-order valence-electron chi connectivity index (χ4n) is 4.31. The molecule has 1 aromatic carbocycles. The maximum Gasteiger partial charge on any atom is 0.330 e. The van der Waals surface area contributed by atoms with Gasteiger partial charge in [-0.3, -0.25) is 28.9 Å². The summed E-state index contributed by atoms with van der Waals surface area (Å²) in [4.78, 5) is 46.8. The Hall–Kier alpha value is -3.67. The minimum absolute atomic E-state index is 0.0379. The van der Waals surface area contributed by atoms with Gasteiger partial charge in [-0.1, -0.05) is 30.3 Å². The second-order valence-corrected chi connectivity index (χ2v) is 8.73. The van der Waals surface area contributed by atoms with E-state index in [1.54, 1.807) is 6.26 Å². The zero-order valence-corrected chi connectivity index (χ0v) is 20.4. The summed E-state index contributed by atoms with van der Waals surface area (Å²) in [6.45, 7) is 4.32. The third-order valence-electron chi connectivity index (χ3n) is 6.27. The summed E-state index contributed by atoms with van der Waals surface area (Å²) < 4.78 is 11.9. The highest BCUT2D eigenvalue weighted by atomic mass is 16.5. The fraction of sp³-hybridized carbons (Fsp3) is 0.400. The minimum Gasteiger partial charge on any atom is -0.468 e. The third-order valence-corrected chi connectivity index (χ3v) is 6.27. The van der Waals surface area contributed by atoms with Crippen LogP contribution in [-0.2, 0) is 22.6 Å². The van der Waals surface area contributed by atoms with Gasteiger partial charge in [-0.05, 0) is 17.7 Å². The molecule has 0 saturated carbocycles. The number of piperazine rings is 1. The maximum absolute atomic E-state index is 13.4. The SMILES string of the molecule is COCCN(C(=O)CN1CCN(Cc2ccco2)CC1)c1c(N)n(Cc2ccccc2)c(=O)[nH]c1=O. The lowest BCUT2D eigenvalue weighted by Crippen LogP contribution is -2.51. The predicted octanol–water partition coefficient (Wildman–Crippen LogP) is 0.557. The van der Waals surface area contributed by atoms with Crippen molar-refractivity contribution in [1.29, 1.82) is 0 Å². The number of carbonyl (C=O) groups is 1. The van der Waals surface area contributed by atoms with Crippen molar-refractivity contribution in [2.45, 2.75) is 13.1 Å². The molecule has 36 heavy (non-hydrogen) atoms. The van der Waals surface area contributed by atoms with E-state index >= 15 is 0 Å². The Morgan fingerprint density at radius 3 is 2.44 bits per heavy atom. The van der Waals surface area contributed by atoms with Gasteiger partial charge >= 0.3 is 5.69 Å². The van der Waals surface area contributed by atoms with E-state index in [1.807, 2.05) is 47.4 Å². The number of methoxy groups -OCH3 is 1. The van der Waals surface area contributed by atoms with Crippen molar-refractivity contribution in [2.75, 3.05) is 63.6 Å². The molecule has 0 spiro atoms. The van der Waals surface area contributed by atoms with Gasteiger partial charge in [-0.25, -0.2) is 4.79 Å². The maximum atomic E-state index is 13.4. The van der Waals surface area contributed by atoms with Crippen LogP contribution >= 0.6 is 0 Å². The number of H-pyrrole nitrogens is 1. The number of carbonyl (C=O) groups excluding carboxylic acids is 1. The van der Waals surface area contributed by atoms with Crippen LogP contribution in [0.15, 0.2) is 62.7 Å². The van der Waals surface area contributed by atoms with Crippen LogP contribution in [0.4, 0.5) is 11.5 Å². The average Bonchev–Trinajstić information content (AvgIpc) is 3.38. The molecule has 0 bridgehead atoms. The van der Waals surface area contributed by atoms with Crippen molar-refractivity contribution in [3.8, 4) is 0 Å². The normalized spacial score (nSPS) is 14.7. The summed E-state index contributed by atoms with van der Waals surface area (Å²) >= 11 is 0.